The molecule has 2 rings (SSSR count). The van der Waals surface area contributed by atoms with E-state index in [-0.39, 0.29) is 35.2 Å². The summed E-state index contributed by atoms with van der Waals surface area (Å²) >= 11 is 0. The van der Waals surface area contributed by atoms with Crippen LogP contribution in [0.4, 0.5) is 5.69 Å². The highest BCUT2D eigenvalue weighted by Gasteiger charge is 2.29. The Hall–Kier alpha value is -2.34. The molecule has 0 unspecified atom stereocenters. The van der Waals surface area contributed by atoms with Gasteiger partial charge in [-0.2, -0.15) is 0 Å². The molecular formula is C23H32N2O3S. The maximum atomic E-state index is 13.4. The summed E-state index contributed by atoms with van der Waals surface area (Å²) in [7, 11) is -3.89. The van der Waals surface area contributed by atoms with E-state index in [1.807, 2.05) is 53.7 Å². The fraction of sp³-hybridized carbons (Fsp3) is 0.435. The van der Waals surface area contributed by atoms with Crippen molar-refractivity contribution in [3.8, 4) is 0 Å². The number of nitrogens with one attached hydrogen (secondary N) is 1. The molecular weight excluding hydrogens is 384 g/mol. The van der Waals surface area contributed by atoms with Crippen LogP contribution in [-0.4, -0.2) is 26.9 Å². The van der Waals surface area contributed by atoms with Gasteiger partial charge in [0.25, 0.3) is 10.0 Å². The normalized spacial score (nSPS) is 11.9. The van der Waals surface area contributed by atoms with E-state index in [0.717, 1.165) is 11.1 Å². The fourth-order valence-corrected chi connectivity index (χ4v) is 4.99. The van der Waals surface area contributed by atoms with Gasteiger partial charge in [-0.15, -0.1) is 0 Å². The number of amides is 1. The third kappa shape index (κ3) is 5.38. The Kier molecular flexibility index (Phi) is 7.47. The number of carbonyl (C=O) groups excluding carboxylic acids is 1. The molecule has 2 aromatic rings. The van der Waals surface area contributed by atoms with Crippen LogP contribution in [0.5, 0.6) is 0 Å². The van der Waals surface area contributed by atoms with Crippen LogP contribution < -0.4 is 9.62 Å². The lowest BCUT2D eigenvalue weighted by molar-refractivity contribution is -0.121. The molecule has 6 heteroatoms. The predicted molar refractivity (Wildman–Crippen MR) is 118 cm³/mol. The minimum absolute atomic E-state index is 0.0256. The minimum atomic E-state index is -3.89. The van der Waals surface area contributed by atoms with E-state index in [9.17, 15) is 13.2 Å². The standard InChI is InChI=1S/C23H32N2O3S/c1-16(2)23(17(3)4)24-22(26)15-25(21-14-10-11-18(5)19(21)6)29(27,28)20-12-8-7-9-13-20/h7-14,16-17,23H,15H2,1-6H3,(H,24,26). The molecule has 29 heavy (non-hydrogen) atoms. The van der Waals surface area contributed by atoms with Crippen molar-refractivity contribution >= 4 is 21.6 Å². The second-order valence-electron chi connectivity index (χ2n) is 8.13. The van der Waals surface area contributed by atoms with Crippen molar-refractivity contribution < 1.29 is 13.2 Å². The summed E-state index contributed by atoms with van der Waals surface area (Å²) in [5, 5.41) is 3.03. The van der Waals surface area contributed by atoms with E-state index in [1.54, 1.807) is 36.4 Å². The number of rotatable bonds is 8. The van der Waals surface area contributed by atoms with Crippen molar-refractivity contribution in [2.24, 2.45) is 11.8 Å². The summed E-state index contributed by atoms with van der Waals surface area (Å²) in [5.41, 5.74) is 2.33. The van der Waals surface area contributed by atoms with Crippen LogP contribution in [0.25, 0.3) is 0 Å². The molecule has 0 radical (unpaired) electrons. The smallest absolute Gasteiger partial charge is 0.264 e. The lowest BCUT2D eigenvalue weighted by Gasteiger charge is -2.29. The van der Waals surface area contributed by atoms with Gasteiger partial charge in [-0.05, 0) is 55.0 Å². The maximum Gasteiger partial charge on any atom is 0.264 e. The first-order valence-electron chi connectivity index (χ1n) is 9.99. The van der Waals surface area contributed by atoms with E-state index in [0.29, 0.717) is 5.69 Å². The largest absolute Gasteiger partial charge is 0.351 e. The van der Waals surface area contributed by atoms with Gasteiger partial charge in [-0.3, -0.25) is 9.10 Å². The molecule has 0 atom stereocenters. The van der Waals surface area contributed by atoms with Crippen LogP contribution in [0, 0.1) is 25.7 Å². The van der Waals surface area contributed by atoms with Crippen molar-refractivity contribution in [1.29, 1.82) is 0 Å². The molecule has 0 fully saturated rings. The summed E-state index contributed by atoms with van der Waals surface area (Å²) in [6.45, 7) is 11.7. The highest BCUT2D eigenvalue weighted by molar-refractivity contribution is 7.92. The molecule has 0 spiro atoms. The summed E-state index contributed by atoms with van der Waals surface area (Å²) in [5.74, 6) is 0.190. The predicted octanol–water partition coefficient (Wildman–Crippen LogP) is 4.30. The van der Waals surface area contributed by atoms with Crippen LogP contribution in [0.15, 0.2) is 53.4 Å². The Morgan fingerprint density at radius 3 is 2.07 bits per heavy atom. The first-order valence-corrected chi connectivity index (χ1v) is 11.4. The van der Waals surface area contributed by atoms with Crippen molar-refractivity contribution in [2.45, 2.75) is 52.5 Å². The second-order valence-corrected chi connectivity index (χ2v) is 9.99. The van der Waals surface area contributed by atoms with Gasteiger partial charge in [0, 0.05) is 6.04 Å². The number of carbonyl (C=O) groups is 1. The SMILES string of the molecule is Cc1cccc(N(CC(=O)NC(C(C)C)C(C)C)S(=O)(=O)c2ccccc2)c1C. The minimum Gasteiger partial charge on any atom is -0.351 e. The van der Waals surface area contributed by atoms with Crippen LogP contribution in [-0.2, 0) is 14.8 Å². The average molecular weight is 417 g/mol. The molecule has 0 bridgehead atoms. The first kappa shape index (κ1) is 22.9. The summed E-state index contributed by atoms with van der Waals surface area (Å²) < 4.78 is 28.1. The molecule has 0 saturated heterocycles. The number of anilines is 1. The van der Waals surface area contributed by atoms with Gasteiger partial charge in [0.05, 0.1) is 10.6 Å². The number of sulfonamides is 1. The van der Waals surface area contributed by atoms with Gasteiger partial charge in [0.1, 0.15) is 6.54 Å². The molecule has 5 nitrogen and oxygen atoms in total. The van der Waals surface area contributed by atoms with Gasteiger partial charge in [0.15, 0.2) is 0 Å². The van der Waals surface area contributed by atoms with E-state index in [1.165, 1.54) is 4.31 Å². The summed E-state index contributed by atoms with van der Waals surface area (Å²) in [4.78, 5) is 13.1. The number of hydrogen-bond donors (Lipinski definition) is 1. The monoisotopic (exact) mass is 416 g/mol. The number of aryl methyl sites for hydroxylation is 1. The molecule has 0 heterocycles. The van der Waals surface area contributed by atoms with Crippen LogP contribution in [0.1, 0.15) is 38.8 Å². The Balaban J connectivity index is 2.46. The number of hydrogen-bond acceptors (Lipinski definition) is 3. The zero-order valence-corrected chi connectivity index (χ0v) is 19.0. The molecule has 0 aliphatic rings. The highest BCUT2D eigenvalue weighted by atomic mass is 32.2. The fourth-order valence-electron chi connectivity index (χ4n) is 3.49. The van der Waals surface area contributed by atoms with Crippen LogP contribution in [0.2, 0.25) is 0 Å². The van der Waals surface area contributed by atoms with Gasteiger partial charge >= 0.3 is 0 Å². The van der Waals surface area contributed by atoms with Gasteiger partial charge in [-0.25, -0.2) is 8.42 Å². The van der Waals surface area contributed by atoms with Gasteiger partial charge in [0.2, 0.25) is 5.91 Å². The second kappa shape index (κ2) is 9.44. The summed E-state index contributed by atoms with van der Waals surface area (Å²) in [6.07, 6.45) is 0. The molecule has 0 aromatic heterocycles. The average Bonchev–Trinajstić information content (AvgIpc) is 2.66. The van der Waals surface area contributed by atoms with Crippen LogP contribution >= 0.6 is 0 Å². The third-order valence-electron chi connectivity index (χ3n) is 5.23. The molecule has 1 amide bonds. The molecule has 0 aliphatic heterocycles. The molecule has 158 valence electrons. The zero-order chi connectivity index (χ0) is 21.8. The Labute approximate surface area is 175 Å². The van der Waals surface area contributed by atoms with E-state index < -0.39 is 10.0 Å². The first-order chi connectivity index (χ1) is 13.6. The van der Waals surface area contributed by atoms with E-state index >= 15 is 0 Å². The van der Waals surface area contributed by atoms with E-state index in [4.69, 9.17) is 0 Å². The summed E-state index contributed by atoms with van der Waals surface area (Å²) in [6, 6.07) is 13.7. The quantitative estimate of drug-likeness (QED) is 0.698. The zero-order valence-electron chi connectivity index (χ0n) is 18.1. The number of benzene rings is 2. The third-order valence-corrected chi connectivity index (χ3v) is 7.00. The molecule has 2 aromatic carbocycles. The molecule has 0 aliphatic carbocycles. The van der Waals surface area contributed by atoms with E-state index in [2.05, 4.69) is 5.32 Å². The highest BCUT2D eigenvalue weighted by Crippen LogP contribution is 2.28. The number of nitrogens with zero attached hydrogens (tertiary/aromatic N) is 1. The van der Waals surface area contributed by atoms with Gasteiger partial charge in [-0.1, -0.05) is 58.0 Å². The van der Waals surface area contributed by atoms with Crippen LogP contribution in [0.3, 0.4) is 0 Å². The van der Waals surface area contributed by atoms with Gasteiger partial charge < -0.3 is 5.32 Å². The van der Waals surface area contributed by atoms with Crippen molar-refractivity contribution in [3.05, 3.63) is 59.7 Å². The Morgan fingerprint density at radius 1 is 0.931 bits per heavy atom. The lowest BCUT2D eigenvalue weighted by Crippen LogP contribution is -2.48. The molecule has 1 N–H and O–H groups in total. The lowest BCUT2D eigenvalue weighted by atomic mass is 9.93. The Bertz CT molecular complexity index is 930. The maximum absolute atomic E-state index is 13.4. The van der Waals surface area contributed by atoms with Crippen molar-refractivity contribution in [2.75, 3.05) is 10.8 Å². The van der Waals surface area contributed by atoms with Crippen molar-refractivity contribution in [3.63, 3.8) is 0 Å². The Morgan fingerprint density at radius 2 is 1.52 bits per heavy atom. The van der Waals surface area contributed by atoms with Crippen molar-refractivity contribution in [1.82, 2.24) is 5.32 Å². The molecule has 0 saturated carbocycles. The topological polar surface area (TPSA) is 66.5 Å².